The molecule has 21 heavy (non-hydrogen) atoms. The molecule has 3 rings (SSSR count). The van der Waals surface area contributed by atoms with Gasteiger partial charge in [-0.2, -0.15) is 0 Å². The average Bonchev–Trinajstić information content (AvgIpc) is 2.78. The van der Waals surface area contributed by atoms with Crippen LogP contribution in [0.15, 0.2) is 46.9 Å². The van der Waals surface area contributed by atoms with Gasteiger partial charge in [0, 0.05) is 22.3 Å². The fraction of sp³-hybridized carbons (Fsp3) is 0.188. The van der Waals surface area contributed by atoms with Crippen molar-refractivity contribution in [3.63, 3.8) is 0 Å². The van der Waals surface area contributed by atoms with E-state index in [0.29, 0.717) is 30.9 Å². The van der Waals surface area contributed by atoms with Crippen molar-refractivity contribution in [1.82, 2.24) is 4.90 Å². The highest BCUT2D eigenvalue weighted by Crippen LogP contribution is 2.24. The monoisotopic (exact) mass is 346 g/mol. The molecule has 0 saturated carbocycles. The minimum atomic E-state index is 0.0247. The van der Waals surface area contributed by atoms with Gasteiger partial charge in [0.2, 0.25) is 0 Å². The predicted molar refractivity (Wildman–Crippen MR) is 85.2 cm³/mol. The number of nitrogens with two attached hydrogens (primary N) is 1. The van der Waals surface area contributed by atoms with Crippen molar-refractivity contribution in [1.29, 1.82) is 0 Å². The third kappa shape index (κ3) is 3.03. The maximum absolute atomic E-state index is 12.2. The molecule has 0 aromatic heterocycles. The number of nitrogens with zero attached hydrogens (tertiary/aromatic N) is 1. The summed E-state index contributed by atoms with van der Waals surface area (Å²) < 4.78 is 6.67. The number of benzene rings is 2. The normalized spacial score (nSPS) is 13.4. The van der Waals surface area contributed by atoms with Crippen LogP contribution in [0.25, 0.3) is 0 Å². The Morgan fingerprint density at radius 3 is 2.71 bits per heavy atom. The molecule has 1 aliphatic rings. The molecule has 2 aromatic carbocycles. The van der Waals surface area contributed by atoms with Crippen LogP contribution in [0.3, 0.4) is 0 Å². The average molecular weight is 347 g/mol. The summed E-state index contributed by atoms with van der Waals surface area (Å²) in [7, 11) is 0. The van der Waals surface area contributed by atoms with Crippen LogP contribution in [0.2, 0.25) is 0 Å². The van der Waals surface area contributed by atoms with E-state index < -0.39 is 0 Å². The summed E-state index contributed by atoms with van der Waals surface area (Å²) in [6, 6.07) is 13.1. The summed E-state index contributed by atoms with van der Waals surface area (Å²) in [6.07, 6.45) is 0. The van der Waals surface area contributed by atoms with E-state index in [1.54, 1.807) is 11.0 Å². The molecule has 5 heteroatoms. The Hall–Kier alpha value is -2.01. The van der Waals surface area contributed by atoms with Gasteiger partial charge in [-0.15, -0.1) is 0 Å². The Morgan fingerprint density at radius 2 is 1.95 bits per heavy atom. The van der Waals surface area contributed by atoms with E-state index in [4.69, 9.17) is 10.5 Å². The van der Waals surface area contributed by atoms with E-state index in [1.807, 2.05) is 36.4 Å². The topological polar surface area (TPSA) is 55.6 Å². The molecule has 0 unspecified atom stereocenters. The largest absolute Gasteiger partial charge is 0.492 e. The molecule has 0 radical (unpaired) electrons. The molecule has 0 atom stereocenters. The van der Waals surface area contributed by atoms with Gasteiger partial charge in [-0.25, -0.2) is 0 Å². The first-order valence-corrected chi connectivity index (χ1v) is 7.49. The maximum atomic E-state index is 12.2. The lowest BCUT2D eigenvalue weighted by atomic mass is 10.1. The number of carbonyl (C=O) groups excluding carboxylic acids is 1. The highest BCUT2D eigenvalue weighted by Gasteiger charge is 2.26. The van der Waals surface area contributed by atoms with Gasteiger partial charge in [-0.1, -0.05) is 22.0 Å². The lowest BCUT2D eigenvalue weighted by Gasteiger charge is -2.16. The van der Waals surface area contributed by atoms with E-state index in [2.05, 4.69) is 15.9 Å². The number of halogens is 1. The second-order valence-corrected chi connectivity index (χ2v) is 5.86. The molecule has 1 aliphatic heterocycles. The van der Waals surface area contributed by atoms with Gasteiger partial charge in [0.05, 0.1) is 6.54 Å². The molecule has 0 bridgehead atoms. The van der Waals surface area contributed by atoms with Gasteiger partial charge >= 0.3 is 0 Å². The Bertz CT molecular complexity index is 670. The van der Waals surface area contributed by atoms with E-state index in [0.717, 1.165) is 15.8 Å². The van der Waals surface area contributed by atoms with Crippen LogP contribution in [-0.2, 0) is 6.54 Å². The van der Waals surface area contributed by atoms with Crippen molar-refractivity contribution >= 4 is 27.5 Å². The third-order valence-corrected chi connectivity index (χ3v) is 3.98. The molecular weight excluding hydrogens is 332 g/mol. The number of fused-ring (bicyclic) bond motifs is 1. The number of nitrogen functional groups attached to an aromatic ring is 1. The third-order valence-electron chi connectivity index (χ3n) is 3.46. The number of anilines is 1. The first kappa shape index (κ1) is 13.9. The standard InChI is InChI=1S/C16H15BrN2O2/c17-12-2-5-14(6-3-12)21-8-7-19-10-11-1-4-13(18)9-15(11)16(19)20/h1-6,9H,7-8,10,18H2. The summed E-state index contributed by atoms with van der Waals surface area (Å²) >= 11 is 3.38. The number of rotatable bonds is 4. The summed E-state index contributed by atoms with van der Waals surface area (Å²) in [5.74, 6) is 0.823. The quantitative estimate of drug-likeness (QED) is 0.865. The molecule has 0 saturated heterocycles. The molecule has 108 valence electrons. The van der Waals surface area contributed by atoms with Crippen molar-refractivity contribution in [3.8, 4) is 5.75 Å². The zero-order valence-corrected chi connectivity index (χ0v) is 13.0. The van der Waals surface area contributed by atoms with Crippen LogP contribution in [0, 0.1) is 0 Å². The lowest BCUT2D eigenvalue weighted by Crippen LogP contribution is -2.28. The van der Waals surface area contributed by atoms with E-state index in [-0.39, 0.29) is 5.91 Å². The lowest BCUT2D eigenvalue weighted by molar-refractivity contribution is 0.0753. The highest BCUT2D eigenvalue weighted by atomic mass is 79.9. The Labute approximate surface area is 131 Å². The van der Waals surface area contributed by atoms with E-state index in [9.17, 15) is 4.79 Å². The van der Waals surface area contributed by atoms with Gasteiger partial charge < -0.3 is 15.4 Å². The summed E-state index contributed by atoms with van der Waals surface area (Å²) in [6.45, 7) is 1.65. The van der Waals surface area contributed by atoms with Crippen molar-refractivity contribution < 1.29 is 9.53 Å². The Balaban J connectivity index is 1.58. The Morgan fingerprint density at radius 1 is 1.19 bits per heavy atom. The van der Waals surface area contributed by atoms with Crippen LogP contribution in [0.4, 0.5) is 5.69 Å². The van der Waals surface area contributed by atoms with Gasteiger partial charge in [0.25, 0.3) is 5.91 Å². The second kappa shape index (κ2) is 5.77. The van der Waals surface area contributed by atoms with Crippen LogP contribution < -0.4 is 10.5 Å². The van der Waals surface area contributed by atoms with E-state index >= 15 is 0 Å². The minimum Gasteiger partial charge on any atom is -0.492 e. The molecule has 2 aromatic rings. The SMILES string of the molecule is Nc1ccc2c(c1)C(=O)N(CCOc1ccc(Br)cc1)C2. The van der Waals surface area contributed by atoms with Gasteiger partial charge in [-0.05, 0) is 42.0 Å². The van der Waals surface area contributed by atoms with Crippen molar-refractivity contribution in [2.45, 2.75) is 6.54 Å². The number of carbonyl (C=O) groups is 1. The smallest absolute Gasteiger partial charge is 0.254 e. The van der Waals surface area contributed by atoms with Crippen molar-refractivity contribution in [3.05, 3.63) is 58.1 Å². The fourth-order valence-electron chi connectivity index (χ4n) is 2.36. The molecule has 0 fully saturated rings. The molecule has 1 heterocycles. The van der Waals surface area contributed by atoms with Gasteiger partial charge in [-0.3, -0.25) is 4.79 Å². The van der Waals surface area contributed by atoms with Crippen LogP contribution in [0.1, 0.15) is 15.9 Å². The van der Waals surface area contributed by atoms with Crippen LogP contribution in [-0.4, -0.2) is 24.0 Å². The zero-order chi connectivity index (χ0) is 14.8. The molecular formula is C16H15BrN2O2. The molecule has 1 amide bonds. The zero-order valence-electron chi connectivity index (χ0n) is 11.4. The number of amides is 1. The van der Waals surface area contributed by atoms with Crippen molar-refractivity contribution in [2.24, 2.45) is 0 Å². The van der Waals surface area contributed by atoms with Crippen molar-refractivity contribution in [2.75, 3.05) is 18.9 Å². The highest BCUT2D eigenvalue weighted by molar-refractivity contribution is 9.10. The maximum Gasteiger partial charge on any atom is 0.254 e. The number of hydrogen-bond donors (Lipinski definition) is 1. The molecule has 0 spiro atoms. The minimum absolute atomic E-state index is 0.0247. The molecule has 0 aliphatic carbocycles. The predicted octanol–water partition coefficient (Wildman–Crippen LogP) is 3.07. The molecule has 2 N–H and O–H groups in total. The van der Waals surface area contributed by atoms with Crippen LogP contribution in [0.5, 0.6) is 5.75 Å². The summed E-state index contributed by atoms with van der Waals surface area (Å²) in [4.78, 5) is 14.0. The second-order valence-electron chi connectivity index (χ2n) is 4.95. The van der Waals surface area contributed by atoms with Gasteiger partial charge in [0.1, 0.15) is 12.4 Å². The first-order valence-electron chi connectivity index (χ1n) is 6.69. The molecule has 4 nitrogen and oxygen atoms in total. The summed E-state index contributed by atoms with van der Waals surface area (Å²) in [5.41, 5.74) is 8.08. The number of hydrogen-bond acceptors (Lipinski definition) is 3. The van der Waals surface area contributed by atoms with Gasteiger partial charge in [0.15, 0.2) is 0 Å². The van der Waals surface area contributed by atoms with E-state index in [1.165, 1.54) is 0 Å². The summed E-state index contributed by atoms with van der Waals surface area (Å²) in [5, 5.41) is 0. The number of ether oxygens (including phenoxy) is 1. The Kier molecular flexibility index (Phi) is 3.84. The first-order chi connectivity index (χ1) is 10.1. The fourth-order valence-corrected chi connectivity index (χ4v) is 2.63. The van der Waals surface area contributed by atoms with Crippen LogP contribution >= 0.6 is 15.9 Å².